The van der Waals surface area contributed by atoms with Gasteiger partial charge in [-0.25, -0.2) is 13.1 Å². The van der Waals surface area contributed by atoms with E-state index in [9.17, 15) is 13.2 Å². The topological polar surface area (TPSA) is 79.7 Å². The molecule has 7 heteroatoms. The molecule has 104 valence electrons. The molecule has 0 aromatic heterocycles. The van der Waals surface area contributed by atoms with Gasteiger partial charge in [0.1, 0.15) is 0 Å². The first kappa shape index (κ1) is 14.0. The number of benzene rings is 1. The zero-order valence-corrected chi connectivity index (χ0v) is 11.8. The predicted molar refractivity (Wildman–Crippen MR) is 71.6 cm³/mol. The molecule has 0 fully saturated rings. The van der Waals surface area contributed by atoms with E-state index < -0.39 is 10.0 Å². The van der Waals surface area contributed by atoms with E-state index >= 15 is 0 Å². The number of carbonyl (C=O) groups excluding carboxylic acids is 1. The third kappa shape index (κ3) is 3.31. The van der Waals surface area contributed by atoms with E-state index in [1.54, 1.807) is 12.1 Å². The van der Waals surface area contributed by atoms with Crippen molar-refractivity contribution in [1.29, 1.82) is 0 Å². The molecular formula is C12H18N3O3S+. The van der Waals surface area contributed by atoms with Crippen molar-refractivity contribution in [3.8, 4) is 0 Å². The van der Waals surface area contributed by atoms with Crippen molar-refractivity contribution in [3.63, 3.8) is 0 Å². The number of likely N-dealkylation sites (N-methyl/N-ethyl adjacent to an activating group) is 1. The molecule has 0 radical (unpaired) electrons. The van der Waals surface area contributed by atoms with E-state index in [0.717, 1.165) is 5.56 Å². The van der Waals surface area contributed by atoms with Crippen LogP contribution >= 0.6 is 0 Å². The molecular weight excluding hydrogens is 266 g/mol. The Morgan fingerprint density at radius 2 is 2.11 bits per heavy atom. The van der Waals surface area contributed by atoms with Crippen molar-refractivity contribution in [3.05, 3.63) is 23.8 Å². The summed E-state index contributed by atoms with van der Waals surface area (Å²) in [6, 6.07) is 4.69. The molecule has 0 atom stereocenters. The molecule has 19 heavy (non-hydrogen) atoms. The quantitative estimate of drug-likeness (QED) is 0.622. The van der Waals surface area contributed by atoms with Crippen molar-refractivity contribution in [2.45, 2.75) is 11.3 Å². The number of nitrogens with one attached hydrogen (secondary N) is 3. The second-order valence-electron chi connectivity index (χ2n) is 4.90. The molecule has 1 aromatic carbocycles. The molecule has 0 saturated carbocycles. The lowest BCUT2D eigenvalue weighted by molar-refractivity contribution is -0.856. The number of rotatable bonds is 5. The Labute approximate surface area is 112 Å². The number of carbonyl (C=O) groups is 1. The Balaban J connectivity index is 2.13. The molecule has 2 rings (SSSR count). The molecule has 3 N–H and O–H groups in total. The Hall–Kier alpha value is -1.44. The van der Waals surface area contributed by atoms with Crippen molar-refractivity contribution in [1.82, 2.24) is 4.72 Å². The summed E-state index contributed by atoms with van der Waals surface area (Å²) in [7, 11) is 0.421. The second kappa shape index (κ2) is 5.28. The van der Waals surface area contributed by atoms with Crippen LogP contribution in [0.1, 0.15) is 5.56 Å². The number of amides is 1. The maximum atomic E-state index is 12.1. The SMILES string of the molecule is C[NH+](C)CCNS(=O)(=O)c1ccc2c(c1)CC(=O)N2. The van der Waals surface area contributed by atoms with Crippen LogP contribution < -0.4 is 14.9 Å². The van der Waals surface area contributed by atoms with Crippen LogP contribution in [0.3, 0.4) is 0 Å². The highest BCUT2D eigenvalue weighted by atomic mass is 32.2. The van der Waals surface area contributed by atoms with Gasteiger partial charge < -0.3 is 10.2 Å². The van der Waals surface area contributed by atoms with Crippen LogP contribution in [0.25, 0.3) is 0 Å². The molecule has 0 unspecified atom stereocenters. The maximum absolute atomic E-state index is 12.1. The minimum absolute atomic E-state index is 0.103. The van der Waals surface area contributed by atoms with Crippen LogP contribution in [0.4, 0.5) is 5.69 Å². The summed E-state index contributed by atoms with van der Waals surface area (Å²) in [6.07, 6.45) is 0.237. The van der Waals surface area contributed by atoms with Gasteiger partial charge in [-0.1, -0.05) is 0 Å². The first-order valence-electron chi connectivity index (χ1n) is 6.10. The summed E-state index contributed by atoms with van der Waals surface area (Å²) in [5.41, 5.74) is 1.42. The second-order valence-corrected chi connectivity index (χ2v) is 6.67. The maximum Gasteiger partial charge on any atom is 0.240 e. The Bertz CT molecular complexity index is 596. The molecule has 0 spiro atoms. The number of fused-ring (bicyclic) bond motifs is 1. The molecule has 0 aliphatic carbocycles. The number of sulfonamides is 1. The average molecular weight is 284 g/mol. The summed E-state index contributed by atoms with van der Waals surface area (Å²) < 4.78 is 26.7. The van der Waals surface area contributed by atoms with E-state index in [-0.39, 0.29) is 17.2 Å². The lowest BCUT2D eigenvalue weighted by Gasteiger charge is -2.10. The van der Waals surface area contributed by atoms with E-state index in [1.165, 1.54) is 11.0 Å². The lowest BCUT2D eigenvalue weighted by atomic mass is 10.2. The highest BCUT2D eigenvalue weighted by Gasteiger charge is 2.21. The van der Waals surface area contributed by atoms with Gasteiger partial charge in [-0.3, -0.25) is 4.79 Å². The van der Waals surface area contributed by atoms with Crippen molar-refractivity contribution < 1.29 is 18.1 Å². The average Bonchev–Trinajstić information content (AvgIpc) is 2.67. The largest absolute Gasteiger partial charge is 0.339 e. The third-order valence-corrected chi connectivity index (χ3v) is 4.39. The van der Waals surface area contributed by atoms with Gasteiger partial charge in [-0.05, 0) is 23.8 Å². The van der Waals surface area contributed by atoms with Crippen molar-refractivity contribution in [2.75, 3.05) is 32.5 Å². The highest BCUT2D eigenvalue weighted by molar-refractivity contribution is 7.89. The minimum atomic E-state index is -3.50. The van der Waals surface area contributed by atoms with Crippen LogP contribution in [0.15, 0.2) is 23.1 Å². The van der Waals surface area contributed by atoms with Gasteiger partial charge in [-0.15, -0.1) is 0 Å². The fourth-order valence-corrected chi connectivity index (χ4v) is 2.97. The molecule has 0 bridgehead atoms. The fourth-order valence-electron chi connectivity index (χ4n) is 1.89. The van der Waals surface area contributed by atoms with Crippen LogP contribution in [0.5, 0.6) is 0 Å². The van der Waals surface area contributed by atoms with E-state index in [1.807, 2.05) is 14.1 Å². The van der Waals surface area contributed by atoms with Gasteiger partial charge in [0.25, 0.3) is 0 Å². The van der Waals surface area contributed by atoms with Crippen LogP contribution in [-0.4, -0.2) is 41.5 Å². The lowest BCUT2D eigenvalue weighted by Crippen LogP contribution is -3.06. The fraction of sp³-hybridized carbons (Fsp3) is 0.417. The third-order valence-electron chi connectivity index (χ3n) is 2.93. The number of anilines is 1. The monoisotopic (exact) mass is 284 g/mol. The molecule has 0 saturated heterocycles. The Morgan fingerprint density at radius 1 is 1.37 bits per heavy atom. The standard InChI is InChI=1S/C12H17N3O3S/c1-15(2)6-5-13-19(17,18)10-3-4-11-9(7-10)8-12(16)14-11/h3-4,7,13H,5-6,8H2,1-2H3,(H,14,16)/p+1. The molecule has 6 nitrogen and oxygen atoms in total. The zero-order valence-electron chi connectivity index (χ0n) is 11.0. The Morgan fingerprint density at radius 3 is 2.79 bits per heavy atom. The van der Waals surface area contributed by atoms with Gasteiger partial charge in [-0.2, -0.15) is 0 Å². The molecule has 1 aromatic rings. The summed E-state index contributed by atoms with van der Waals surface area (Å²) in [5, 5.41) is 2.68. The molecule has 1 heterocycles. The highest BCUT2D eigenvalue weighted by Crippen LogP contribution is 2.25. The van der Waals surface area contributed by atoms with Gasteiger partial charge in [0.05, 0.1) is 38.5 Å². The summed E-state index contributed by atoms with van der Waals surface area (Å²) in [6.45, 7) is 1.10. The normalized spacial score (nSPS) is 14.6. The van der Waals surface area contributed by atoms with Crippen LogP contribution in [-0.2, 0) is 21.2 Å². The number of hydrogen-bond donors (Lipinski definition) is 3. The summed E-state index contributed by atoms with van der Waals surface area (Å²) in [5.74, 6) is -0.103. The number of hydrogen-bond acceptors (Lipinski definition) is 3. The minimum Gasteiger partial charge on any atom is -0.339 e. The van der Waals surface area contributed by atoms with Gasteiger partial charge in [0.2, 0.25) is 15.9 Å². The van der Waals surface area contributed by atoms with Gasteiger partial charge in [0.15, 0.2) is 0 Å². The Kier molecular flexibility index (Phi) is 3.88. The van der Waals surface area contributed by atoms with E-state index in [0.29, 0.717) is 18.8 Å². The van der Waals surface area contributed by atoms with E-state index in [2.05, 4.69) is 10.0 Å². The van der Waals surface area contributed by atoms with Crippen molar-refractivity contribution in [2.24, 2.45) is 0 Å². The molecule has 1 aliphatic rings. The van der Waals surface area contributed by atoms with Crippen LogP contribution in [0.2, 0.25) is 0 Å². The smallest absolute Gasteiger partial charge is 0.240 e. The number of quaternary nitrogens is 1. The molecule has 1 amide bonds. The van der Waals surface area contributed by atoms with Gasteiger partial charge >= 0.3 is 0 Å². The summed E-state index contributed by atoms with van der Waals surface area (Å²) >= 11 is 0. The molecule has 1 aliphatic heterocycles. The van der Waals surface area contributed by atoms with Crippen LogP contribution in [0, 0.1) is 0 Å². The predicted octanol–water partition coefficient (Wildman–Crippen LogP) is -1.40. The van der Waals surface area contributed by atoms with Gasteiger partial charge in [0, 0.05) is 5.69 Å². The van der Waals surface area contributed by atoms with E-state index in [4.69, 9.17) is 0 Å². The zero-order chi connectivity index (χ0) is 14.0. The first-order chi connectivity index (χ1) is 8.88. The summed E-state index contributed by atoms with van der Waals surface area (Å²) in [4.78, 5) is 12.6. The first-order valence-corrected chi connectivity index (χ1v) is 7.58. The van der Waals surface area contributed by atoms with Crippen molar-refractivity contribution >= 4 is 21.6 Å².